The Labute approximate surface area is 188 Å². The Hall–Kier alpha value is -1.21. The molecule has 11 heteroatoms. The molecule has 8 nitrogen and oxygen atoms in total. The molecular formula is C18H17Cl2IN2O6. The van der Waals surface area contributed by atoms with Gasteiger partial charge in [-0.2, -0.15) is 0 Å². The van der Waals surface area contributed by atoms with Gasteiger partial charge in [-0.15, -0.1) is 0 Å². The highest BCUT2D eigenvalue weighted by Crippen LogP contribution is 2.29. The lowest BCUT2D eigenvalue weighted by molar-refractivity contribution is -0.0711. The molecule has 1 aromatic carbocycles. The van der Waals surface area contributed by atoms with E-state index >= 15 is 0 Å². The van der Waals surface area contributed by atoms with Crippen molar-refractivity contribution in [3.63, 3.8) is 0 Å². The smallest absolute Gasteiger partial charge is 0.330 e. The molecule has 0 radical (unpaired) electrons. The third-order valence-electron chi connectivity index (χ3n) is 4.40. The lowest BCUT2D eigenvalue weighted by Crippen LogP contribution is -2.38. The predicted molar refractivity (Wildman–Crippen MR) is 116 cm³/mol. The van der Waals surface area contributed by atoms with Crippen LogP contribution in [-0.2, 0) is 16.1 Å². The second-order valence-corrected chi connectivity index (χ2v) is 7.90. The zero-order valence-corrected chi connectivity index (χ0v) is 18.5. The first-order chi connectivity index (χ1) is 13.8. The van der Waals surface area contributed by atoms with Crippen molar-refractivity contribution in [2.45, 2.75) is 31.1 Å². The molecule has 0 amide bonds. The fourth-order valence-electron chi connectivity index (χ4n) is 2.90. The van der Waals surface area contributed by atoms with Crippen molar-refractivity contribution in [2.24, 2.45) is 0 Å². The SMILES string of the molecule is O=c1[nH]c(=O)n([C@@H]2O[C@H](COCc3ccc(Cl)cc3Cl)[C@@H](O)[C@@H]2O)cc1C=CI. The Bertz CT molecular complexity index is 1020. The second-order valence-electron chi connectivity index (χ2n) is 6.34. The molecule has 0 aliphatic carbocycles. The summed E-state index contributed by atoms with van der Waals surface area (Å²) in [5.41, 5.74) is -0.410. The van der Waals surface area contributed by atoms with E-state index in [2.05, 4.69) is 4.98 Å². The van der Waals surface area contributed by atoms with Gasteiger partial charge in [0.2, 0.25) is 0 Å². The van der Waals surface area contributed by atoms with E-state index in [4.69, 9.17) is 32.7 Å². The summed E-state index contributed by atoms with van der Waals surface area (Å²) >= 11 is 13.9. The van der Waals surface area contributed by atoms with Crippen LogP contribution in [0.4, 0.5) is 0 Å². The highest BCUT2D eigenvalue weighted by molar-refractivity contribution is 14.1. The van der Waals surface area contributed by atoms with E-state index in [9.17, 15) is 19.8 Å². The quantitative estimate of drug-likeness (QED) is 0.471. The van der Waals surface area contributed by atoms with E-state index in [1.165, 1.54) is 12.3 Å². The monoisotopic (exact) mass is 554 g/mol. The summed E-state index contributed by atoms with van der Waals surface area (Å²) in [5, 5.41) is 21.6. The number of halogens is 3. The molecule has 3 N–H and O–H groups in total. The zero-order chi connectivity index (χ0) is 21.1. The summed E-state index contributed by atoms with van der Waals surface area (Å²) < 4.78 is 13.9. The molecule has 0 saturated carbocycles. The number of aliphatic hydroxyl groups is 2. The summed E-state index contributed by atoms with van der Waals surface area (Å²) in [6, 6.07) is 4.99. The van der Waals surface area contributed by atoms with Crippen molar-refractivity contribution < 1.29 is 19.7 Å². The highest BCUT2D eigenvalue weighted by Gasteiger charge is 2.44. The van der Waals surface area contributed by atoms with E-state index in [0.29, 0.717) is 15.6 Å². The summed E-state index contributed by atoms with van der Waals surface area (Å²) in [7, 11) is 0. The van der Waals surface area contributed by atoms with E-state index in [0.717, 1.165) is 4.57 Å². The maximum absolute atomic E-state index is 12.2. The Kier molecular flexibility index (Phi) is 7.54. The minimum atomic E-state index is -1.39. The Morgan fingerprint density at radius 2 is 2.03 bits per heavy atom. The number of benzene rings is 1. The van der Waals surface area contributed by atoms with Crippen molar-refractivity contribution in [3.8, 4) is 0 Å². The van der Waals surface area contributed by atoms with Gasteiger partial charge in [0.05, 0.1) is 18.8 Å². The molecule has 29 heavy (non-hydrogen) atoms. The van der Waals surface area contributed by atoms with E-state index < -0.39 is 35.8 Å². The fraction of sp³-hybridized carbons (Fsp3) is 0.333. The second kappa shape index (κ2) is 9.73. The number of H-pyrrole nitrogens is 1. The number of aromatic nitrogens is 2. The number of nitrogens with one attached hydrogen (secondary N) is 1. The number of nitrogens with zero attached hydrogens (tertiary/aromatic N) is 1. The third-order valence-corrected chi connectivity index (χ3v) is 5.35. The van der Waals surface area contributed by atoms with Gasteiger partial charge in [0.25, 0.3) is 5.56 Å². The van der Waals surface area contributed by atoms with Crippen LogP contribution in [0.1, 0.15) is 17.4 Å². The Morgan fingerprint density at radius 1 is 1.28 bits per heavy atom. The predicted octanol–water partition coefficient (Wildman–Crippen LogP) is 2.09. The lowest BCUT2D eigenvalue weighted by Gasteiger charge is -2.17. The minimum Gasteiger partial charge on any atom is -0.387 e. The number of aromatic amines is 1. The maximum atomic E-state index is 12.2. The normalized spacial score (nSPS) is 24.4. The number of hydrogen-bond donors (Lipinski definition) is 3. The van der Waals surface area contributed by atoms with Gasteiger partial charge >= 0.3 is 5.69 Å². The lowest BCUT2D eigenvalue weighted by atomic mass is 10.1. The molecule has 156 valence electrons. The van der Waals surface area contributed by atoms with Gasteiger partial charge in [0, 0.05) is 16.2 Å². The molecule has 2 heterocycles. The maximum Gasteiger partial charge on any atom is 0.330 e. The first-order valence-electron chi connectivity index (χ1n) is 8.47. The van der Waals surface area contributed by atoms with Crippen molar-refractivity contribution in [2.75, 3.05) is 6.61 Å². The van der Waals surface area contributed by atoms with Gasteiger partial charge in [0.15, 0.2) is 6.23 Å². The summed E-state index contributed by atoms with van der Waals surface area (Å²) in [6.45, 7) is 0.0961. The number of ether oxygens (including phenoxy) is 2. The third kappa shape index (κ3) is 5.10. The molecule has 3 rings (SSSR count). The van der Waals surface area contributed by atoms with Crippen LogP contribution in [0.3, 0.4) is 0 Å². The van der Waals surface area contributed by atoms with E-state index in [1.54, 1.807) is 22.3 Å². The molecule has 1 aliphatic rings. The molecular weight excluding hydrogens is 538 g/mol. The minimum absolute atomic E-state index is 0.0493. The summed E-state index contributed by atoms with van der Waals surface area (Å²) in [5.74, 6) is 0. The Morgan fingerprint density at radius 3 is 2.72 bits per heavy atom. The molecule has 4 atom stereocenters. The molecule has 0 unspecified atom stereocenters. The summed E-state index contributed by atoms with van der Waals surface area (Å²) in [6.07, 6.45) is -1.96. The van der Waals surface area contributed by atoms with Crippen molar-refractivity contribution >= 4 is 51.9 Å². The largest absolute Gasteiger partial charge is 0.387 e. The van der Waals surface area contributed by atoms with Gasteiger partial charge in [-0.05, 0) is 27.9 Å². The topological polar surface area (TPSA) is 114 Å². The first kappa shape index (κ1) is 22.5. The fourth-order valence-corrected chi connectivity index (χ4v) is 3.75. The van der Waals surface area contributed by atoms with Crippen LogP contribution in [0, 0.1) is 0 Å². The average molecular weight is 555 g/mol. The van der Waals surface area contributed by atoms with Gasteiger partial charge in [0.1, 0.15) is 18.3 Å². The molecule has 0 spiro atoms. The number of aliphatic hydroxyl groups excluding tert-OH is 2. The van der Waals surface area contributed by atoms with Crippen LogP contribution in [0.2, 0.25) is 10.0 Å². The molecule has 1 aromatic heterocycles. The Balaban J connectivity index is 1.71. The molecule has 1 aliphatic heterocycles. The first-order valence-corrected chi connectivity index (χ1v) is 10.5. The van der Waals surface area contributed by atoms with Crippen LogP contribution in [-0.4, -0.2) is 44.7 Å². The van der Waals surface area contributed by atoms with E-state index in [-0.39, 0.29) is 18.8 Å². The molecule has 1 saturated heterocycles. The van der Waals surface area contributed by atoms with E-state index in [1.807, 2.05) is 22.6 Å². The molecule has 0 bridgehead atoms. The van der Waals surface area contributed by atoms with Crippen molar-refractivity contribution in [1.82, 2.24) is 9.55 Å². The van der Waals surface area contributed by atoms with Gasteiger partial charge in [-0.25, -0.2) is 4.79 Å². The van der Waals surface area contributed by atoms with Gasteiger partial charge in [-0.3, -0.25) is 14.3 Å². The number of rotatable bonds is 6. The summed E-state index contributed by atoms with van der Waals surface area (Å²) in [4.78, 5) is 26.1. The molecule has 2 aromatic rings. The number of hydrogen-bond acceptors (Lipinski definition) is 6. The van der Waals surface area contributed by atoms with Crippen LogP contribution in [0.5, 0.6) is 0 Å². The van der Waals surface area contributed by atoms with Gasteiger partial charge < -0.3 is 19.7 Å². The van der Waals surface area contributed by atoms with Crippen molar-refractivity contribution in [1.29, 1.82) is 0 Å². The van der Waals surface area contributed by atoms with Crippen LogP contribution in [0.25, 0.3) is 6.08 Å². The highest BCUT2D eigenvalue weighted by atomic mass is 127. The van der Waals surface area contributed by atoms with Gasteiger partial charge in [-0.1, -0.05) is 51.9 Å². The zero-order valence-electron chi connectivity index (χ0n) is 14.8. The van der Waals surface area contributed by atoms with Crippen LogP contribution in [0.15, 0.2) is 38.1 Å². The average Bonchev–Trinajstić information content (AvgIpc) is 2.94. The van der Waals surface area contributed by atoms with Crippen molar-refractivity contribution in [3.05, 3.63) is 70.5 Å². The van der Waals surface area contributed by atoms with Crippen LogP contribution >= 0.6 is 45.8 Å². The molecule has 1 fully saturated rings. The van der Waals surface area contributed by atoms with Crippen LogP contribution < -0.4 is 11.2 Å². The standard InChI is InChI=1S/C18H17Cl2IN2O6/c19-11-2-1-10(12(20)5-11)7-28-8-13-14(24)15(25)17(29-13)23-6-9(3-4-21)16(26)22-18(23)27/h1-6,13-15,17,24-25H,7-8H2,(H,22,26,27)/t13-,14-,15+,17-/m1/s1.